The van der Waals surface area contributed by atoms with Crippen molar-refractivity contribution < 1.29 is 4.79 Å². The minimum absolute atomic E-state index is 0.0189. The molecule has 0 saturated heterocycles. The van der Waals surface area contributed by atoms with Crippen LogP contribution in [0.4, 0.5) is 0 Å². The summed E-state index contributed by atoms with van der Waals surface area (Å²) in [5, 5.41) is 0. The SMILES string of the molecule is CCCCC=C(C)C(=O)NNCCC. The molecule has 0 aliphatic heterocycles. The molecule has 0 spiro atoms. The molecule has 0 fully saturated rings. The summed E-state index contributed by atoms with van der Waals surface area (Å²) in [6, 6.07) is 0. The Morgan fingerprint density at radius 1 is 1.29 bits per heavy atom. The fourth-order valence-corrected chi connectivity index (χ4v) is 0.982. The summed E-state index contributed by atoms with van der Waals surface area (Å²) < 4.78 is 0. The lowest BCUT2D eigenvalue weighted by molar-refractivity contribution is -0.118. The summed E-state index contributed by atoms with van der Waals surface area (Å²) in [4.78, 5) is 11.4. The highest BCUT2D eigenvalue weighted by Crippen LogP contribution is 2.00. The van der Waals surface area contributed by atoms with E-state index >= 15 is 0 Å². The number of hydrazine groups is 1. The van der Waals surface area contributed by atoms with Gasteiger partial charge in [-0.2, -0.15) is 0 Å². The molecule has 14 heavy (non-hydrogen) atoms. The maximum Gasteiger partial charge on any atom is 0.260 e. The summed E-state index contributed by atoms with van der Waals surface area (Å²) in [7, 11) is 0. The van der Waals surface area contributed by atoms with Gasteiger partial charge in [0.1, 0.15) is 0 Å². The molecular weight excluding hydrogens is 176 g/mol. The fraction of sp³-hybridized carbons (Fsp3) is 0.727. The second-order valence-corrected chi connectivity index (χ2v) is 3.41. The van der Waals surface area contributed by atoms with Crippen LogP contribution in [0.2, 0.25) is 0 Å². The van der Waals surface area contributed by atoms with Crippen molar-refractivity contribution in [3.8, 4) is 0 Å². The van der Waals surface area contributed by atoms with Crippen LogP contribution in [0.25, 0.3) is 0 Å². The summed E-state index contributed by atoms with van der Waals surface area (Å²) in [6.45, 7) is 6.86. The number of unbranched alkanes of at least 4 members (excludes halogenated alkanes) is 2. The standard InChI is InChI=1S/C11H22N2O/c1-4-6-7-8-10(3)11(14)13-12-9-5-2/h8,12H,4-7,9H2,1-3H3,(H,13,14). The van der Waals surface area contributed by atoms with Crippen molar-refractivity contribution in [2.75, 3.05) is 6.54 Å². The van der Waals surface area contributed by atoms with E-state index in [0.717, 1.165) is 31.4 Å². The molecule has 0 radical (unpaired) electrons. The van der Waals surface area contributed by atoms with Gasteiger partial charge in [-0.15, -0.1) is 0 Å². The number of carbonyl (C=O) groups excluding carboxylic acids is 1. The largest absolute Gasteiger partial charge is 0.288 e. The molecule has 3 heteroatoms. The highest BCUT2D eigenvalue weighted by atomic mass is 16.2. The van der Waals surface area contributed by atoms with E-state index in [9.17, 15) is 4.79 Å². The van der Waals surface area contributed by atoms with Crippen LogP contribution in [-0.2, 0) is 4.79 Å². The number of rotatable bonds is 7. The van der Waals surface area contributed by atoms with Gasteiger partial charge in [0.25, 0.3) is 5.91 Å². The molecule has 3 nitrogen and oxygen atoms in total. The molecule has 0 bridgehead atoms. The van der Waals surface area contributed by atoms with Crippen LogP contribution < -0.4 is 10.9 Å². The van der Waals surface area contributed by atoms with E-state index in [1.165, 1.54) is 6.42 Å². The van der Waals surface area contributed by atoms with Crippen LogP contribution in [0.1, 0.15) is 46.5 Å². The minimum Gasteiger partial charge on any atom is -0.288 e. The molecule has 0 aromatic carbocycles. The van der Waals surface area contributed by atoms with Gasteiger partial charge in [-0.1, -0.05) is 32.8 Å². The number of amides is 1. The third-order valence-corrected chi connectivity index (χ3v) is 1.94. The van der Waals surface area contributed by atoms with Crippen molar-refractivity contribution in [1.29, 1.82) is 0 Å². The topological polar surface area (TPSA) is 41.1 Å². The van der Waals surface area contributed by atoms with Crippen molar-refractivity contribution in [1.82, 2.24) is 10.9 Å². The quantitative estimate of drug-likeness (QED) is 0.374. The van der Waals surface area contributed by atoms with Crippen molar-refractivity contribution in [3.63, 3.8) is 0 Å². The molecule has 0 rings (SSSR count). The summed E-state index contributed by atoms with van der Waals surface area (Å²) in [5.41, 5.74) is 6.31. The molecule has 0 aromatic rings. The minimum atomic E-state index is -0.0189. The predicted octanol–water partition coefficient (Wildman–Crippen LogP) is 2.15. The molecular formula is C11H22N2O. The van der Waals surface area contributed by atoms with Gasteiger partial charge >= 0.3 is 0 Å². The Labute approximate surface area is 86.9 Å². The summed E-state index contributed by atoms with van der Waals surface area (Å²) in [6.07, 6.45) is 6.31. The predicted molar refractivity (Wildman–Crippen MR) is 59.7 cm³/mol. The third kappa shape index (κ3) is 6.66. The van der Waals surface area contributed by atoms with E-state index in [2.05, 4.69) is 24.7 Å². The number of hydrogen-bond donors (Lipinski definition) is 2. The molecule has 82 valence electrons. The summed E-state index contributed by atoms with van der Waals surface area (Å²) in [5.74, 6) is -0.0189. The van der Waals surface area contributed by atoms with Crippen molar-refractivity contribution in [2.45, 2.75) is 46.5 Å². The zero-order valence-corrected chi connectivity index (χ0v) is 9.52. The fourth-order valence-electron chi connectivity index (χ4n) is 0.982. The Morgan fingerprint density at radius 2 is 2.00 bits per heavy atom. The van der Waals surface area contributed by atoms with Gasteiger partial charge in [-0.25, -0.2) is 5.43 Å². The maximum atomic E-state index is 11.4. The van der Waals surface area contributed by atoms with Crippen LogP contribution in [-0.4, -0.2) is 12.5 Å². The van der Waals surface area contributed by atoms with Crippen LogP contribution >= 0.6 is 0 Å². The number of nitrogens with one attached hydrogen (secondary N) is 2. The highest BCUT2D eigenvalue weighted by Gasteiger charge is 2.00. The molecule has 1 amide bonds. The molecule has 0 heterocycles. The zero-order valence-electron chi connectivity index (χ0n) is 9.52. The van der Waals surface area contributed by atoms with Gasteiger partial charge in [0, 0.05) is 12.1 Å². The van der Waals surface area contributed by atoms with E-state index in [1.54, 1.807) is 0 Å². The van der Waals surface area contributed by atoms with Crippen molar-refractivity contribution in [3.05, 3.63) is 11.6 Å². The van der Waals surface area contributed by atoms with Crippen LogP contribution in [0.3, 0.4) is 0 Å². The lowest BCUT2D eigenvalue weighted by atomic mass is 10.2. The third-order valence-electron chi connectivity index (χ3n) is 1.94. The lowest BCUT2D eigenvalue weighted by Gasteiger charge is -2.05. The molecule has 0 aromatic heterocycles. The lowest BCUT2D eigenvalue weighted by Crippen LogP contribution is -2.38. The second-order valence-electron chi connectivity index (χ2n) is 3.41. The number of hydrogen-bond acceptors (Lipinski definition) is 2. The van der Waals surface area contributed by atoms with Gasteiger partial charge in [-0.3, -0.25) is 10.2 Å². The van der Waals surface area contributed by atoms with E-state index in [1.807, 2.05) is 13.0 Å². The van der Waals surface area contributed by atoms with Crippen LogP contribution in [0.5, 0.6) is 0 Å². The smallest absolute Gasteiger partial charge is 0.260 e. The number of carbonyl (C=O) groups is 1. The summed E-state index contributed by atoms with van der Waals surface area (Å²) >= 11 is 0. The van der Waals surface area contributed by atoms with Crippen molar-refractivity contribution >= 4 is 5.91 Å². The van der Waals surface area contributed by atoms with E-state index in [-0.39, 0.29) is 5.91 Å². The molecule has 0 unspecified atom stereocenters. The average molecular weight is 198 g/mol. The second kappa shape index (κ2) is 8.75. The van der Waals surface area contributed by atoms with E-state index in [0.29, 0.717) is 0 Å². The van der Waals surface area contributed by atoms with Gasteiger partial charge < -0.3 is 0 Å². The Hall–Kier alpha value is -0.830. The normalized spacial score (nSPS) is 11.5. The molecule has 0 atom stereocenters. The zero-order chi connectivity index (χ0) is 10.8. The first-order valence-corrected chi connectivity index (χ1v) is 5.42. The molecule has 0 aliphatic rings. The van der Waals surface area contributed by atoms with Gasteiger partial charge in [0.15, 0.2) is 0 Å². The molecule has 0 aliphatic carbocycles. The molecule has 2 N–H and O–H groups in total. The van der Waals surface area contributed by atoms with Gasteiger partial charge in [0.05, 0.1) is 0 Å². The first kappa shape index (κ1) is 13.2. The first-order chi connectivity index (χ1) is 6.72. The number of allylic oxidation sites excluding steroid dienone is 1. The Balaban J connectivity index is 3.68. The van der Waals surface area contributed by atoms with Gasteiger partial charge in [0.2, 0.25) is 0 Å². The average Bonchev–Trinajstić information content (AvgIpc) is 2.18. The maximum absolute atomic E-state index is 11.4. The Kier molecular flexibility index (Phi) is 8.24. The van der Waals surface area contributed by atoms with Crippen LogP contribution in [0, 0.1) is 0 Å². The van der Waals surface area contributed by atoms with E-state index in [4.69, 9.17) is 0 Å². The van der Waals surface area contributed by atoms with Crippen molar-refractivity contribution in [2.24, 2.45) is 0 Å². The first-order valence-electron chi connectivity index (χ1n) is 5.42. The van der Waals surface area contributed by atoms with Gasteiger partial charge in [-0.05, 0) is 19.8 Å². The monoisotopic (exact) mass is 198 g/mol. The van der Waals surface area contributed by atoms with E-state index < -0.39 is 0 Å². The highest BCUT2D eigenvalue weighted by molar-refractivity contribution is 5.92. The molecule has 0 saturated carbocycles. The Morgan fingerprint density at radius 3 is 2.57 bits per heavy atom. The van der Waals surface area contributed by atoms with Crippen LogP contribution in [0.15, 0.2) is 11.6 Å². The Bertz CT molecular complexity index is 188.